The first kappa shape index (κ1) is 19.2. The molecule has 0 bridgehead atoms. The van der Waals surface area contributed by atoms with Gasteiger partial charge in [0.2, 0.25) is 0 Å². The van der Waals surface area contributed by atoms with E-state index in [-0.39, 0.29) is 16.4 Å². The van der Waals surface area contributed by atoms with Crippen molar-refractivity contribution in [1.82, 2.24) is 0 Å². The summed E-state index contributed by atoms with van der Waals surface area (Å²) in [6.45, 7) is 9.26. The van der Waals surface area contributed by atoms with Gasteiger partial charge in [0.1, 0.15) is 5.78 Å². The second kappa shape index (κ2) is 6.72. The maximum Gasteiger partial charge on any atom is 0.306 e. The number of carbonyl (C=O) groups excluding carboxylic acids is 1. The molecule has 0 saturated heterocycles. The molecule has 6 heteroatoms. The predicted molar refractivity (Wildman–Crippen MR) is 92.9 cm³/mol. The van der Waals surface area contributed by atoms with Crippen LogP contribution in [-0.2, 0) is 18.5 Å². The molecule has 1 unspecified atom stereocenters. The molecule has 0 heterocycles. The lowest BCUT2D eigenvalue weighted by Crippen LogP contribution is -2.33. The summed E-state index contributed by atoms with van der Waals surface area (Å²) in [6, 6.07) is 6.72. The highest BCUT2D eigenvalue weighted by Crippen LogP contribution is 2.58. The molecule has 0 spiro atoms. The van der Waals surface area contributed by atoms with Gasteiger partial charge in [0.05, 0.1) is 10.6 Å². The Hall–Kier alpha value is -0.850. The third-order valence-electron chi connectivity index (χ3n) is 3.73. The number of Topliss-reactive ketones (excluding diaryl/α,β-unsaturated/α-hetero) is 1. The van der Waals surface area contributed by atoms with E-state index in [9.17, 15) is 13.2 Å². The van der Waals surface area contributed by atoms with Crippen LogP contribution in [0.15, 0.2) is 29.2 Å². The summed E-state index contributed by atoms with van der Waals surface area (Å²) in [7, 11) is -6.03. The number of hydrogen-bond acceptors (Lipinski definition) is 4. The van der Waals surface area contributed by atoms with Gasteiger partial charge in [-0.25, -0.2) is 3.63 Å². The molecule has 1 aromatic carbocycles. The zero-order chi connectivity index (χ0) is 17.2. The topological polar surface area (TPSA) is 60.4 Å². The van der Waals surface area contributed by atoms with Crippen molar-refractivity contribution in [3.63, 3.8) is 0 Å². The SMILES string of the molecule is CCC(=O)CS(C)(OS(=O)(=O)c1ccccc1C)C(C)(C)C. The van der Waals surface area contributed by atoms with Gasteiger partial charge in [0.15, 0.2) is 0 Å². The lowest BCUT2D eigenvalue weighted by Gasteiger charge is -2.45. The van der Waals surface area contributed by atoms with Gasteiger partial charge in [0, 0.05) is 11.2 Å². The third kappa shape index (κ3) is 4.33. The minimum absolute atomic E-state index is 0.0207. The Balaban J connectivity index is 3.25. The van der Waals surface area contributed by atoms with Gasteiger partial charge in [-0.05, 0) is 24.8 Å². The van der Waals surface area contributed by atoms with E-state index in [1.165, 1.54) is 6.07 Å². The second-order valence-corrected chi connectivity index (χ2v) is 11.9. The fourth-order valence-corrected chi connectivity index (χ4v) is 6.67. The molecular weight excluding hydrogens is 320 g/mol. The fourth-order valence-electron chi connectivity index (χ4n) is 1.82. The van der Waals surface area contributed by atoms with Crippen LogP contribution in [0, 0.1) is 6.92 Å². The Morgan fingerprint density at radius 1 is 1.18 bits per heavy atom. The molecule has 0 amide bonds. The number of carbonyl (C=O) groups is 1. The maximum absolute atomic E-state index is 12.7. The Kier molecular flexibility index (Phi) is 5.87. The Morgan fingerprint density at radius 3 is 2.18 bits per heavy atom. The van der Waals surface area contributed by atoms with Crippen molar-refractivity contribution >= 4 is 26.2 Å². The molecule has 0 aromatic heterocycles. The number of aryl methyl sites for hydroxylation is 1. The highest BCUT2D eigenvalue weighted by molar-refractivity contribution is 8.33. The number of benzene rings is 1. The fraction of sp³-hybridized carbons (Fsp3) is 0.562. The molecule has 0 aliphatic rings. The Morgan fingerprint density at radius 2 is 1.73 bits per heavy atom. The first-order valence-corrected chi connectivity index (χ1v) is 10.8. The third-order valence-corrected chi connectivity index (χ3v) is 10.1. The average Bonchev–Trinajstić information content (AvgIpc) is 2.36. The minimum Gasteiger partial charge on any atom is -0.299 e. The Bertz CT molecular complexity index is 644. The van der Waals surface area contributed by atoms with Crippen molar-refractivity contribution in [3.8, 4) is 0 Å². The van der Waals surface area contributed by atoms with E-state index in [0.717, 1.165) is 0 Å². The molecule has 1 atom stereocenters. The van der Waals surface area contributed by atoms with Crippen molar-refractivity contribution in [1.29, 1.82) is 0 Å². The molecule has 1 rings (SSSR count). The molecule has 1 aromatic rings. The maximum atomic E-state index is 12.7. The highest BCUT2D eigenvalue weighted by Gasteiger charge is 2.40. The van der Waals surface area contributed by atoms with Crippen molar-refractivity contribution in [2.45, 2.75) is 50.7 Å². The van der Waals surface area contributed by atoms with Crippen LogP contribution in [0.25, 0.3) is 0 Å². The summed E-state index contributed by atoms with van der Waals surface area (Å²) < 4.78 is 30.6. The molecular formula is C16H26O4S2. The summed E-state index contributed by atoms with van der Waals surface area (Å²) >= 11 is 0. The van der Waals surface area contributed by atoms with Gasteiger partial charge in [-0.2, -0.15) is 8.42 Å². The zero-order valence-electron chi connectivity index (χ0n) is 14.2. The molecule has 0 radical (unpaired) electrons. The van der Waals surface area contributed by atoms with Crippen LogP contribution in [0.4, 0.5) is 0 Å². The predicted octanol–water partition coefficient (Wildman–Crippen LogP) is 3.83. The van der Waals surface area contributed by atoms with Gasteiger partial charge in [-0.1, -0.05) is 45.9 Å². The largest absolute Gasteiger partial charge is 0.306 e. The van der Waals surface area contributed by atoms with Crippen molar-refractivity contribution in [3.05, 3.63) is 29.8 Å². The molecule has 0 saturated carbocycles. The first-order valence-electron chi connectivity index (χ1n) is 7.22. The highest BCUT2D eigenvalue weighted by atomic mass is 32.3. The zero-order valence-corrected chi connectivity index (χ0v) is 15.8. The van der Waals surface area contributed by atoms with Gasteiger partial charge in [-0.3, -0.25) is 4.79 Å². The average molecular weight is 347 g/mol. The normalized spacial score (nSPS) is 16.8. The van der Waals surface area contributed by atoms with Crippen LogP contribution in [-0.4, -0.2) is 31.0 Å². The summed E-state index contributed by atoms with van der Waals surface area (Å²) in [4.78, 5) is 12.1. The quantitative estimate of drug-likeness (QED) is 0.785. The van der Waals surface area contributed by atoms with Crippen LogP contribution < -0.4 is 0 Å². The van der Waals surface area contributed by atoms with Crippen molar-refractivity contribution < 1.29 is 16.8 Å². The van der Waals surface area contributed by atoms with Crippen LogP contribution in [0.1, 0.15) is 39.7 Å². The van der Waals surface area contributed by atoms with E-state index in [1.807, 2.05) is 20.8 Å². The van der Waals surface area contributed by atoms with E-state index in [1.54, 1.807) is 38.3 Å². The molecule has 0 N–H and O–H groups in total. The summed E-state index contributed by atoms with van der Waals surface area (Å²) in [5.74, 6) is 0.172. The van der Waals surface area contributed by atoms with Crippen molar-refractivity contribution in [2.24, 2.45) is 0 Å². The molecule has 0 aliphatic heterocycles. The van der Waals surface area contributed by atoms with Crippen LogP contribution in [0.3, 0.4) is 0 Å². The number of hydrogen-bond donors (Lipinski definition) is 0. The molecule has 22 heavy (non-hydrogen) atoms. The molecule has 126 valence electrons. The first-order chi connectivity index (χ1) is 9.93. The summed E-state index contributed by atoms with van der Waals surface area (Å²) in [5, 5.41) is 0. The number of rotatable bonds is 6. The molecule has 0 fully saturated rings. The van der Waals surface area contributed by atoms with Crippen LogP contribution in [0.5, 0.6) is 0 Å². The van der Waals surface area contributed by atoms with Gasteiger partial charge in [0.25, 0.3) is 0 Å². The van der Waals surface area contributed by atoms with Crippen LogP contribution in [0.2, 0.25) is 0 Å². The van der Waals surface area contributed by atoms with Gasteiger partial charge in [-0.15, -0.1) is 10.3 Å². The molecule has 0 aliphatic carbocycles. The lowest BCUT2D eigenvalue weighted by atomic mass is 10.2. The minimum atomic E-state index is -3.90. The van der Waals surface area contributed by atoms with E-state index in [0.29, 0.717) is 12.0 Å². The standard InChI is InChI=1S/C16H26O4S2/c1-7-14(17)12-21(6,16(3,4)5)20-22(18,19)15-11-9-8-10-13(15)2/h8-11H,7,12H2,1-6H3. The van der Waals surface area contributed by atoms with Gasteiger partial charge >= 0.3 is 10.1 Å². The van der Waals surface area contributed by atoms with E-state index in [2.05, 4.69) is 0 Å². The van der Waals surface area contributed by atoms with E-state index < -0.39 is 25.2 Å². The summed E-state index contributed by atoms with van der Waals surface area (Å²) in [5.41, 5.74) is 0.639. The molecule has 4 nitrogen and oxygen atoms in total. The number of ketones is 1. The monoisotopic (exact) mass is 346 g/mol. The van der Waals surface area contributed by atoms with Gasteiger partial charge < -0.3 is 0 Å². The van der Waals surface area contributed by atoms with E-state index in [4.69, 9.17) is 3.63 Å². The second-order valence-electron chi connectivity index (χ2n) is 6.44. The summed E-state index contributed by atoms with van der Waals surface area (Å²) in [6.07, 6.45) is 2.16. The smallest absolute Gasteiger partial charge is 0.299 e. The van der Waals surface area contributed by atoms with Crippen molar-refractivity contribution in [2.75, 3.05) is 12.0 Å². The Labute approximate surface area is 135 Å². The van der Waals surface area contributed by atoms with Crippen LogP contribution >= 0.6 is 10.3 Å². The van der Waals surface area contributed by atoms with E-state index >= 15 is 0 Å². The lowest BCUT2D eigenvalue weighted by molar-refractivity contribution is -0.116.